The van der Waals surface area contributed by atoms with Gasteiger partial charge in [0.05, 0.1) is 29.7 Å². The van der Waals surface area contributed by atoms with Gasteiger partial charge in [-0.15, -0.1) is 11.3 Å². The number of rotatable bonds is 5. The molecule has 0 bridgehead atoms. The van der Waals surface area contributed by atoms with Crippen molar-refractivity contribution >= 4 is 28.9 Å². The summed E-state index contributed by atoms with van der Waals surface area (Å²) < 4.78 is 39.4. The Bertz CT molecular complexity index is 1170. The smallest absolute Gasteiger partial charge is 0.475 e. The van der Waals surface area contributed by atoms with Gasteiger partial charge in [0.25, 0.3) is 5.91 Å². The molecule has 1 amide bonds. The monoisotopic (exact) mass is 512 g/mol. The lowest BCUT2D eigenvalue weighted by atomic mass is 9.89. The lowest BCUT2D eigenvalue weighted by Crippen LogP contribution is -2.35. The van der Waals surface area contributed by atoms with Crippen LogP contribution in [0.5, 0.6) is 0 Å². The highest BCUT2D eigenvalue weighted by Gasteiger charge is 2.38. The maximum absolute atomic E-state index is 13.1. The number of aliphatic carboxylic acids is 1. The number of ether oxygens (including phenoxy) is 1. The van der Waals surface area contributed by atoms with E-state index in [-0.39, 0.29) is 5.91 Å². The van der Waals surface area contributed by atoms with Crippen LogP contribution < -0.4 is 4.90 Å². The molecular weight excluding hydrogens is 489 g/mol. The van der Waals surface area contributed by atoms with E-state index in [0.29, 0.717) is 24.4 Å². The van der Waals surface area contributed by atoms with Gasteiger partial charge in [-0.05, 0) is 32.6 Å². The number of amides is 1. The van der Waals surface area contributed by atoms with Crippen LogP contribution in [-0.2, 0) is 16.0 Å². The first-order valence-electron chi connectivity index (χ1n) is 10.9. The Labute approximate surface area is 201 Å². The first kappa shape index (κ1) is 24.9. The van der Waals surface area contributed by atoms with Crippen molar-refractivity contribution in [3.05, 3.63) is 35.4 Å². The van der Waals surface area contributed by atoms with E-state index in [2.05, 4.69) is 15.2 Å². The van der Waals surface area contributed by atoms with Crippen molar-refractivity contribution < 1.29 is 32.6 Å². The highest BCUT2D eigenvalue weighted by molar-refractivity contribution is 7.13. The molecule has 3 aromatic heterocycles. The number of aromatic nitrogens is 5. The highest BCUT2D eigenvalue weighted by Crippen LogP contribution is 2.37. The molecule has 35 heavy (non-hydrogen) atoms. The fourth-order valence-electron chi connectivity index (χ4n) is 3.88. The van der Waals surface area contributed by atoms with Crippen LogP contribution in [0.1, 0.15) is 48.4 Å². The molecule has 1 saturated carbocycles. The van der Waals surface area contributed by atoms with Crippen LogP contribution in [0, 0.1) is 0 Å². The molecular formula is C21H23F3N6O4S. The zero-order chi connectivity index (χ0) is 25.2. The van der Waals surface area contributed by atoms with Gasteiger partial charge < -0.3 is 14.7 Å². The van der Waals surface area contributed by atoms with E-state index in [0.717, 1.165) is 54.2 Å². The number of halogens is 3. The molecule has 1 aliphatic carbocycles. The lowest BCUT2D eigenvalue weighted by Gasteiger charge is -2.34. The van der Waals surface area contributed by atoms with E-state index in [4.69, 9.17) is 19.7 Å². The van der Waals surface area contributed by atoms with Gasteiger partial charge in [0.15, 0.2) is 0 Å². The molecule has 0 aromatic carbocycles. The number of nitrogens with zero attached hydrogens (tertiary/aromatic N) is 5. The lowest BCUT2D eigenvalue weighted by molar-refractivity contribution is -0.192. The molecule has 0 saturated heterocycles. The summed E-state index contributed by atoms with van der Waals surface area (Å²) in [6, 6.07) is 0.367. The Kier molecular flexibility index (Phi) is 7.21. The molecule has 10 nitrogen and oxygen atoms in total. The van der Waals surface area contributed by atoms with E-state index in [1.807, 2.05) is 28.1 Å². The van der Waals surface area contributed by atoms with Crippen molar-refractivity contribution in [2.75, 3.05) is 18.1 Å². The quantitative estimate of drug-likeness (QED) is 0.534. The topological polar surface area (TPSA) is 126 Å². The Morgan fingerprint density at radius 2 is 2.09 bits per heavy atom. The van der Waals surface area contributed by atoms with E-state index >= 15 is 0 Å². The molecule has 188 valence electrons. The van der Waals surface area contributed by atoms with E-state index in [1.54, 1.807) is 12.4 Å². The maximum Gasteiger partial charge on any atom is 0.490 e. The van der Waals surface area contributed by atoms with Crippen molar-refractivity contribution in [3.8, 4) is 10.6 Å². The fourth-order valence-corrected chi connectivity index (χ4v) is 4.66. The number of anilines is 1. The Morgan fingerprint density at radius 3 is 2.71 bits per heavy atom. The summed E-state index contributed by atoms with van der Waals surface area (Å²) in [7, 11) is 0. The first-order valence-corrected chi connectivity index (χ1v) is 11.8. The molecule has 0 atom stereocenters. The zero-order valence-electron chi connectivity index (χ0n) is 18.7. The SMILES string of the molecule is CCOC1CC(n2cc3c(n2)CCCN3C(=O)c2csc(-c3cn[nH]c3)n2)C1.O=C(O)C(F)(F)F. The van der Waals surface area contributed by atoms with Crippen LogP contribution in [0.15, 0.2) is 24.0 Å². The molecule has 1 fully saturated rings. The molecule has 2 N–H and O–H groups in total. The maximum atomic E-state index is 13.1. The first-order chi connectivity index (χ1) is 16.7. The normalized spacial score (nSPS) is 19.4. The van der Waals surface area contributed by atoms with Gasteiger partial charge in [0, 0.05) is 36.5 Å². The van der Waals surface area contributed by atoms with Gasteiger partial charge in [0.2, 0.25) is 0 Å². The number of H-pyrrole nitrogens is 1. The molecule has 0 radical (unpaired) electrons. The number of fused-ring (bicyclic) bond motifs is 1. The molecule has 14 heteroatoms. The summed E-state index contributed by atoms with van der Waals surface area (Å²) in [6.07, 6.45) is 4.58. The summed E-state index contributed by atoms with van der Waals surface area (Å²) >= 11 is 1.46. The number of carbonyl (C=O) groups excluding carboxylic acids is 1. The minimum absolute atomic E-state index is 0.0627. The van der Waals surface area contributed by atoms with Crippen molar-refractivity contribution in [3.63, 3.8) is 0 Å². The third kappa shape index (κ3) is 5.53. The van der Waals surface area contributed by atoms with Crippen LogP contribution in [-0.4, -0.2) is 67.4 Å². The summed E-state index contributed by atoms with van der Waals surface area (Å²) in [5.41, 5.74) is 3.30. The number of hydrogen-bond donors (Lipinski definition) is 2. The second kappa shape index (κ2) is 10.2. The van der Waals surface area contributed by atoms with Crippen molar-refractivity contribution in [2.24, 2.45) is 0 Å². The van der Waals surface area contributed by atoms with Crippen molar-refractivity contribution in [1.82, 2.24) is 25.0 Å². The molecule has 2 aliphatic rings. The highest BCUT2D eigenvalue weighted by atomic mass is 32.1. The predicted octanol–water partition coefficient (Wildman–Crippen LogP) is 3.70. The van der Waals surface area contributed by atoms with E-state index in [1.165, 1.54) is 11.3 Å². The number of carboxylic acid groups (broad SMARTS) is 1. The Balaban J connectivity index is 0.000000364. The number of aryl methyl sites for hydroxylation is 1. The van der Waals surface area contributed by atoms with Gasteiger partial charge in [-0.3, -0.25) is 14.6 Å². The molecule has 4 heterocycles. The number of alkyl halides is 3. The Morgan fingerprint density at radius 1 is 1.34 bits per heavy atom. The number of nitrogens with one attached hydrogen (secondary N) is 1. The molecule has 3 aromatic rings. The zero-order valence-corrected chi connectivity index (χ0v) is 19.5. The fraction of sp³-hybridized carbons (Fsp3) is 0.476. The van der Waals surface area contributed by atoms with Gasteiger partial charge in [-0.25, -0.2) is 9.78 Å². The van der Waals surface area contributed by atoms with Crippen molar-refractivity contribution in [1.29, 1.82) is 0 Å². The summed E-state index contributed by atoms with van der Waals surface area (Å²) in [5, 5.41) is 21.2. The average Bonchev–Trinajstić information content (AvgIpc) is 3.54. The number of carboxylic acids is 1. The Hall–Kier alpha value is -3.26. The molecule has 0 unspecified atom stereocenters. The third-order valence-electron chi connectivity index (χ3n) is 5.68. The minimum Gasteiger partial charge on any atom is -0.475 e. The summed E-state index contributed by atoms with van der Waals surface area (Å²) in [4.78, 5) is 28.4. The van der Waals surface area contributed by atoms with Crippen LogP contribution in [0.4, 0.5) is 18.9 Å². The van der Waals surface area contributed by atoms with Gasteiger partial charge in [-0.2, -0.15) is 23.4 Å². The van der Waals surface area contributed by atoms with E-state index in [9.17, 15) is 18.0 Å². The van der Waals surface area contributed by atoms with Crippen LogP contribution >= 0.6 is 11.3 Å². The molecule has 5 rings (SSSR count). The molecule has 0 spiro atoms. The van der Waals surface area contributed by atoms with Crippen LogP contribution in [0.25, 0.3) is 10.6 Å². The van der Waals surface area contributed by atoms with Crippen LogP contribution in [0.2, 0.25) is 0 Å². The molecule has 1 aliphatic heterocycles. The van der Waals surface area contributed by atoms with E-state index < -0.39 is 12.1 Å². The largest absolute Gasteiger partial charge is 0.490 e. The second-order valence-corrected chi connectivity index (χ2v) is 8.89. The minimum atomic E-state index is -5.08. The van der Waals surface area contributed by atoms with Gasteiger partial charge in [-0.1, -0.05) is 0 Å². The number of carbonyl (C=O) groups is 2. The van der Waals surface area contributed by atoms with Crippen molar-refractivity contribution in [2.45, 2.75) is 50.9 Å². The second-order valence-electron chi connectivity index (χ2n) is 8.03. The number of hydrogen-bond acceptors (Lipinski definition) is 7. The standard InChI is InChI=1S/C19H22N6O2S.C2HF3O2/c1-2-27-14-6-13(7-14)25-10-17-15(23-25)4-3-5-24(17)19(26)16-11-28-18(22-16)12-8-20-21-9-12;3-2(4,5)1(6)7/h8-11,13-14H,2-7H2,1H3,(H,20,21);(H,6,7). The third-order valence-corrected chi connectivity index (χ3v) is 6.57. The van der Waals surface area contributed by atoms with Crippen LogP contribution in [0.3, 0.4) is 0 Å². The summed E-state index contributed by atoms with van der Waals surface area (Å²) in [6.45, 7) is 3.48. The van der Waals surface area contributed by atoms with Gasteiger partial charge >= 0.3 is 12.1 Å². The number of aromatic amines is 1. The summed E-state index contributed by atoms with van der Waals surface area (Å²) in [5.74, 6) is -2.82. The predicted molar refractivity (Wildman–Crippen MR) is 119 cm³/mol. The average molecular weight is 513 g/mol. The van der Waals surface area contributed by atoms with Gasteiger partial charge in [0.1, 0.15) is 10.7 Å². The number of thiazole rings is 1.